The molecular formula is C16H30N2. The molecule has 0 saturated heterocycles. The van der Waals surface area contributed by atoms with Crippen LogP contribution in [0.4, 0.5) is 0 Å². The summed E-state index contributed by atoms with van der Waals surface area (Å²) in [4.78, 5) is 0. The van der Waals surface area contributed by atoms with Gasteiger partial charge in [-0.25, -0.2) is 0 Å². The SMILES string of the molecule is CCCCCCCC(CCC)c1c(C)cnn1C. The fourth-order valence-corrected chi connectivity index (χ4v) is 2.90. The maximum absolute atomic E-state index is 4.39. The lowest BCUT2D eigenvalue weighted by atomic mass is 9.91. The highest BCUT2D eigenvalue weighted by atomic mass is 15.3. The molecule has 18 heavy (non-hydrogen) atoms. The van der Waals surface area contributed by atoms with Gasteiger partial charge in [-0.05, 0) is 25.3 Å². The Balaban J connectivity index is 2.50. The van der Waals surface area contributed by atoms with Crippen LogP contribution in [0.25, 0.3) is 0 Å². The molecule has 0 bridgehead atoms. The van der Waals surface area contributed by atoms with Gasteiger partial charge in [0.05, 0.1) is 6.20 Å². The van der Waals surface area contributed by atoms with Crippen LogP contribution in [0.1, 0.15) is 82.4 Å². The number of nitrogens with zero attached hydrogens (tertiary/aromatic N) is 2. The van der Waals surface area contributed by atoms with E-state index in [9.17, 15) is 0 Å². The molecular weight excluding hydrogens is 220 g/mol. The molecule has 0 aromatic carbocycles. The van der Waals surface area contributed by atoms with Crippen molar-refractivity contribution in [2.24, 2.45) is 7.05 Å². The summed E-state index contributed by atoms with van der Waals surface area (Å²) in [7, 11) is 2.09. The van der Waals surface area contributed by atoms with E-state index in [1.54, 1.807) is 0 Å². The molecule has 0 N–H and O–H groups in total. The molecule has 104 valence electrons. The van der Waals surface area contributed by atoms with Crippen molar-refractivity contribution in [3.63, 3.8) is 0 Å². The van der Waals surface area contributed by atoms with Crippen LogP contribution in [0.5, 0.6) is 0 Å². The number of aromatic nitrogens is 2. The van der Waals surface area contributed by atoms with E-state index < -0.39 is 0 Å². The Morgan fingerprint density at radius 1 is 1.06 bits per heavy atom. The minimum absolute atomic E-state index is 0.712. The average molecular weight is 250 g/mol. The Bertz CT molecular complexity index is 308. The Morgan fingerprint density at radius 3 is 2.33 bits per heavy atom. The van der Waals surface area contributed by atoms with Crippen molar-refractivity contribution in [2.75, 3.05) is 0 Å². The van der Waals surface area contributed by atoms with Crippen molar-refractivity contribution in [3.8, 4) is 0 Å². The normalized spacial score (nSPS) is 12.9. The first-order valence-electron chi connectivity index (χ1n) is 7.69. The summed E-state index contributed by atoms with van der Waals surface area (Å²) < 4.78 is 2.09. The zero-order valence-corrected chi connectivity index (χ0v) is 12.7. The Morgan fingerprint density at radius 2 is 1.78 bits per heavy atom. The highest BCUT2D eigenvalue weighted by Crippen LogP contribution is 2.29. The minimum atomic E-state index is 0.712. The molecule has 1 rings (SSSR count). The van der Waals surface area contributed by atoms with Gasteiger partial charge in [0.2, 0.25) is 0 Å². The van der Waals surface area contributed by atoms with Gasteiger partial charge in [0, 0.05) is 18.7 Å². The molecule has 0 saturated carbocycles. The van der Waals surface area contributed by atoms with Crippen LogP contribution in [-0.2, 0) is 7.05 Å². The predicted molar refractivity (Wildman–Crippen MR) is 79.0 cm³/mol. The summed E-state index contributed by atoms with van der Waals surface area (Å²) in [5, 5.41) is 4.39. The van der Waals surface area contributed by atoms with Gasteiger partial charge in [0.15, 0.2) is 0 Å². The second-order valence-electron chi connectivity index (χ2n) is 5.52. The summed E-state index contributed by atoms with van der Waals surface area (Å²) in [6.45, 7) is 6.76. The smallest absolute Gasteiger partial charge is 0.0521 e. The van der Waals surface area contributed by atoms with E-state index in [-0.39, 0.29) is 0 Å². The van der Waals surface area contributed by atoms with E-state index in [4.69, 9.17) is 0 Å². The zero-order chi connectivity index (χ0) is 13.4. The van der Waals surface area contributed by atoms with Gasteiger partial charge in [0.25, 0.3) is 0 Å². The van der Waals surface area contributed by atoms with Crippen LogP contribution in [-0.4, -0.2) is 9.78 Å². The summed E-state index contributed by atoms with van der Waals surface area (Å²) in [6, 6.07) is 0. The highest BCUT2D eigenvalue weighted by Gasteiger charge is 2.16. The first-order valence-corrected chi connectivity index (χ1v) is 7.69. The molecule has 0 fully saturated rings. The van der Waals surface area contributed by atoms with Gasteiger partial charge >= 0.3 is 0 Å². The third-order valence-electron chi connectivity index (χ3n) is 3.86. The lowest BCUT2D eigenvalue weighted by molar-refractivity contribution is 0.487. The van der Waals surface area contributed by atoms with E-state index in [2.05, 4.69) is 37.6 Å². The number of aryl methyl sites for hydroxylation is 2. The van der Waals surface area contributed by atoms with Crippen LogP contribution in [0.15, 0.2) is 6.20 Å². The molecule has 2 heteroatoms. The lowest BCUT2D eigenvalue weighted by Crippen LogP contribution is -2.07. The molecule has 0 amide bonds. The van der Waals surface area contributed by atoms with Gasteiger partial charge < -0.3 is 0 Å². The monoisotopic (exact) mass is 250 g/mol. The number of hydrogen-bond donors (Lipinski definition) is 0. The molecule has 0 radical (unpaired) electrons. The molecule has 1 atom stereocenters. The van der Waals surface area contributed by atoms with Gasteiger partial charge in [-0.15, -0.1) is 0 Å². The van der Waals surface area contributed by atoms with Crippen LogP contribution >= 0.6 is 0 Å². The zero-order valence-electron chi connectivity index (χ0n) is 12.7. The third kappa shape index (κ3) is 4.47. The van der Waals surface area contributed by atoms with Crippen LogP contribution in [0.3, 0.4) is 0 Å². The number of hydrogen-bond acceptors (Lipinski definition) is 1. The van der Waals surface area contributed by atoms with Crippen molar-refractivity contribution in [2.45, 2.75) is 78.1 Å². The van der Waals surface area contributed by atoms with Gasteiger partial charge in [-0.1, -0.05) is 52.4 Å². The first kappa shape index (κ1) is 15.3. The lowest BCUT2D eigenvalue weighted by Gasteiger charge is -2.18. The minimum Gasteiger partial charge on any atom is -0.272 e. The van der Waals surface area contributed by atoms with Crippen molar-refractivity contribution in [3.05, 3.63) is 17.5 Å². The largest absolute Gasteiger partial charge is 0.272 e. The maximum Gasteiger partial charge on any atom is 0.0521 e. The van der Waals surface area contributed by atoms with E-state index >= 15 is 0 Å². The number of unbranched alkanes of at least 4 members (excludes halogenated alkanes) is 4. The molecule has 1 aromatic heterocycles. The average Bonchev–Trinajstić information content (AvgIpc) is 2.68. The number of rotatable bonds is 9. The van der Waals surface area contributed by atoms with Crippen molar-refractivity contribution >= 4 is 0 Å². The Hall–Kier alpha value is -0.790. The first-order chi connectivity index (χ1) is 8.70. The Labute approximate surface area is 113 Å². The quantitative estimate of drug-likeness (QED) is 0.566. The second-order valence-corrected chi connectivity index (χ2v) is 5.52. The molecule has 1 unspecified atom stereocenters. The summed E-state index contributed by atoms with van der Waals surface area (Å²) in [5.41, 5.74) is 2.83. The molecule has 0 spiro atoms. The maximum atomic E-state index is 4.39. The van der Waals surface area contributed by atoms with E-state index in [1.165, 1.54) is 62.6 Å². The third-order valence-corrected chi connectivity index (χ3v) is 3.86. The van der Waals surface area contributed by atoms with Crippen molar-refractivity contribution in [1.82, 2.24) is 9.78 Å². The fourth-order valence-electron chi connectivity index (χ4n) is 2.90. The Kier molecular flexibility index (Phi) is 7.07. The second kappa shape index (κ2) is 8.34. The summed E-state index contributed by atoms with van der Waals surface area (Å²) in [6.07, 6.45) is 12.8. The predicted octanol–water partition coefficient (Wildman–Crippen LogP) is 4.97. The molecule has 1 heterocycles. The van der Waals surface area contributed by atoms with E-state index in [0.29, 0.717) is 5.92 Å². The molecule has 2 nitrogen and oxygen atoms in total. The van der Waals surface area contributed by atoms with Gasteiger partial charge in [0.1, 0.15) is 0 Å². The van der Waals surface area contributed by atoms with Crippen molar-refractivity contribution < 1.29 is 0 Å². The van der Waals surface area contributed by atoms with Crippen LogP contribution in [0.2, 0.25) is 0 Å². The molecule has 0 aliphatic heterocycles. The highest BCUT2D eigenvalue weighted by molar-refractivity contribution is 5.19. The summed E-state index contributed by atoms with van der Waals surface area (Å²) in [5.74, 6) is 0.712. The van der Waals surface area contributed by atoms with E-state index in [0.717, 1.165) is 0 Å². The van der Waals surface area contributed by atoms with Crippen LogP contribution in [0, 0.1) is 6.92 Å². The summed E-state index contributed by atoms with van der Waals surface area (Å²) >= 11 is 0. The topological polar surface area (TPSA) is 17.8 Å². The fraction of sp³-hybridized carbons (Fsp3) is 0.812. The van der Waals surface area contributed by atoms with Crippen molar-refractivity contribution in [1.29, 1.82) is 0 Å². The standard InChI is InChI=1S/C16H30N2/c1-5-7-8-9-10-12-15(11-6-2)16-14(3)13-17-18(16)4/h13,15H,5-12H2,1-4H3. The van der Waals surface area contributed by atoms with Crippen LogP contribution < -0.4 is 0 Å². The van der Waals surface area contributed by atoms with Gasteiger partial charge in [-0.3, -0.25) is 4.68 Å². The van der Waals surface area contributed by atoms with E-state index in [1.807, 2.05) is 6.20 Å². The van der Waals surface area contributed by atoms with Gasteiger partial charge in [-0.2, -0.15) is 5.10 Å². The molecule has 1 aromatic rings. The molecule has 0 aliphatic carbocycles. The molecule has 0 aliphatic rings.